The molecule has 0 radical (unpaired) electrons. The molecular formula is C18H15N3O2. The smallest absolute Gasteiger partial charge is 0.238 e. The summed E-state index contributed by atoms with van der Waals surface area (Å²) in [6.45, 7) is 1.01. The van der Waals surface area contributed by atoms with Crippen LogP contribution in [-0.2, 0) is 21.7 Å². The van der Waals surface area contributed by atoms with E-state index in [4.69, 9.17) is 9.47 Å². The number of aromatic amines is 1. The van der Waals surface area contributed by atoms with Gasteiger partial charge in [-0.2, -0.15) is 5.26 Å². The normalized spacial score (nSPS) is 16.5. The molecule has 3 heterocycles. The molecule has 1 aliphatic heterocycles. The Balaban J connectivity index is 1.99. The van der Waals surface area contributed by atoms with Crippen LogP contribution in [0.4, 0.5) is 0 Å². The number of nitrogens with one attached hydrogen (secondary N) is 1. The van der Waals surface area contributed by atoms with Gasteiger partial charge in [0.2, 0.25) is 5.79 Å². The number of ether oxygens (including phenoxy) is 2. The first kappa shape index (κ1) is 13.9. The third-order valence-electron chi connectivity index (χ3n) is 4.15. The highest BCUT2D eigenvalue weighted by atomic mass is 16.7. The molecule has 0 amide bonds. The quantitative estimate of drug-likeness (QED) is 0.807. The van der Waals surface area contributed by atoms with Gasteiger partial charge in [-0.3, -0.25) is 4.98 Å². The van der Waals surface area contributed by atoms with Gasteiger partial charge in [-0.15, -0.1) is 0 Å². The average molecular weight is 305 g/mol. The van der Waals surface area contributed by atoms with E-state index in [-0.39, 0.29) is 0 Å². The Kier molecular flexibility index (Phi) is 3.34. The van der Waals surface area contributed by atoms with Gasteiger partial charge < -0.3 is 14.5 Å². The molecule has 0 bridgehead atoms. The van der Waals surface area contributed by atoms with E-state index in [1.54, 1.807) is 12.4 Å². The monoisotopic (exact) mass is 305 g/mol. The Bertz CT molecular complexity index is 874. The first-order valence-corrected chi connectivity index (χ1v) is 7.50. The molecule has 1 N–H and O–H groups in total. The number of benzene rings is 1. The Morgan fingerprint density at radius 3 is 2.61 bits per heavy atom. The van der Waals surface area contributed by atoms with Crippen molar-refractivity contribution in [3.8, 4) is 6.07 Å². The Hall–Kier alpha value is -2.68. The maximum Gasteiger partial charge on any atom is 0.238 e. The molecule has 3 aromatic rings. The molecule has 1 aliphatic rings. The predicted octanol–water partition coefficient (Wildman–Crippen LogP) is 2.88. The number of nitrogens with zero attached hydrogens (tertiary/aromatic N) is 2. The summed E-state index contributed by atoms with van der Waals surface area (Å²) in [7, 11) is 0. The molecule has 0 saturated carbocycles. The molecule has 4 rings (SSSR count). The van der Waals surface area contributed by atoms with Gasteiger partial charge in [0, 0.05) is 34.4 Å². The largest absolute Gasteiger partial charge is 0.353 e. The van der Waals surface area contributed by atoms with Crippen molar-refractivity contribution in [3.05, 3.63) is 65.6 Å². The van der Waals surface area contributed by atoms with Crippen LogP contribution in [0.2, 0.25) is 0 Å². The minimum atomic E-state index is -1.01. The lowest BCUT2D eigenvalue weighted by atomic mass is 9.97. The van der Waals surface area contributed by atoms with Crippen molar-refractivity contribution in [1.82, 2.24) is 9.97 Å². The van der Waals surface area contributed by atoms with E-state index in [0.717, 1.165) is 27.7 Å². The van der Waals surface area contributed by atoms with Crippen molar-refractivity contribution < 1.29 is 9.47 Å². The number of rotatable bonds is 3. The summed E-state index contributed by atoms with van der Waals surface area (Å²) in [5, 5.41) is 10.3. The van der Waals surface area contributed by atoms with Gasteiger partial charge in [0.25, 0.3) is 0 Å². The van der Waals surface area contributed by atoms with Crippen molar-refractivity contribution >= 4 is 10.9 Å². The number of aromatic nitrogens is 2. The van der Waals surface area contributed by atoms with Crippen molar-refractivity contribution in [3.63, 3.8) is 0 Å². The molecule has 0 atom stereocenters. The highest BCUT2D eigenvalue weighted by molar-refractivity contribution is 5.85. The molecular weight excluding hydrogens is 290 g/mol. The average Bonchev–Trinajstić information content (AvgIpc) is 3.22. The molecule has 23 heavy (non-hydrogen) atoms. The van der Waals surface area contributed by atoms with Gasteiger partial charge in [0.05, 0.1) is 31.4 Å². The van der Waals surface area contributed by atoms with Crippen molar-refractivity contribution in [2.45, 2.75) is 12.2 Å². The first-order chi connectivity index (χ1) is 11.3. The number of hydrogen-bond acceptors (Lipinski definition) is 4. The van der Waals surface area contributed by atoms with E-state index in [2.05, 4.69) is 16.0 Å². The van der Waals surface area contributed by atoms with E-state index in [1.807, 2.05) is 36.4 Å². The number of para-hydroxylation sites is 1. The van der Waals surface area contributed by atoms with Crippen LogP contribution in [0.25, 0.3) is 10.9 Å². The summed E-state index contributed by atoms with van der Waals surface area (Å²) in [5.41, 5.74) is 3.56. The molecule has 1 saturated heterocycles. The number of H-pyrrole nitrogens is 1. The fourth-order valence-corrected chi connectivity index (χ4v) is 3.18. The number of fused-ring (bicyclic) bond motifs is 1. The Morgan fingerprint density at radius 1 is 1.13 bits per heavy atom. The molecule has 1 aromatic carbocycles. The molecule has 1 fully saturated rings. The third kappa shape index (κ3) is 2.12. The van der Waals surface area contributed by atoms with E-state index < -0.39 is 5.79 Å². The summed E-state index contributed by atoms with van der Waals surface area (Å²) in [6, 6.07) is 14.0. The van der Waals surface area contributed by atoms with Crippen LogP contribution in [-0.4, -0.2) is 23.2 Å². The molecule has 114 valence electrons. The van der Waals surface area contributed by atoms with Crippen LogP contribution < -0.4 is 0 Å². The minimum Gasteiger partial charge on any atom is -0.353 e. The topological polar surface area (TPSA) is 70.9 Å². The van der Waals surface area contributed by atoms with Crippen molar-refractivity contribution in [2.75, 3.05) is 13.2 Å². The Labute approximate surface area is 133 Å². The van der Waals surface area contributed by atoms with Crippen LogP contribution >= 0.6 is 0 Å². The zero-order chi connectivity index (χ0) is 15.7. The Morgan fingerprint density at radius 2 is 1.87 bits per heavy atom. The summed E-state index contributed by atoms with van der Waals surface area (Å²) < 4.78 is 12.1. The third-order valence-corrected chi connectivity index (χ3v) is 4.15. The lowest BCUT2D eigenvalue weighted by molar-refractivity contribution is -0.133. The van der Waals surface area contributed by atoms with Crippen LogP contribution in [0, 0.1) is 11.3 Å². The fourth-order valence-electron chi connectivity index (χ4n) is 3.18. The van der Waals surface area contributed by atoms with E-state index >= 15 is 0 Å². The fraction of sp³-hybridized carbons (Fsp3) is 0.222. The van der Waals surface area contributed by atoms with Crippen LogP contribution in [0.3, 0.4) is 0 Å². The second-order valence-corrected chi connectivity index (χ2v) is 5.41. The minimum absolute atomic E-state index is 0.291. The standard InChI is InChI=1S/C18H15N3O2/c19-8-5-15-14-3-1-2-4-16(14)21-17(15)18(22-11-12-23-18)13-6-9-20-10-7-13/h1-4,6-7,9-10,21H,5,11-12H2. The lowest BCUT2D eigenvalue weighted by Crippen LogP contribution is -2.30. The highest BCUT2D eigenvalue weighted by Gasteiger charge is 2.44. The van der Waals surface area contributed by atoms with Crippen molar-refractivity contribution in [2.24, 2.45) is 0 Å². The molecule has 2 aromatic heterocycles. The second-order valence-electron chi connectivity index (χ2n) is 5.41. The van der Waals surface area contributed by atoms with Crippen molar-refractivity contribution in [1.29, 1.82) is 5.26 Å². The van der Waals surface area contributed by atoms with Gasteiger partial charge in [-0.25, -0.2) is 0 Å². The highest BCUT2D eigenvalue weighted by Crippen LogP contribution is 2.41. The van der Waals surface area contributed by atoms with E-state index in [0.29, 0.717) is 19.6 Å². The number of nitriles is 1. The SMILES string of the molecule is N#CCc1c(C2(c3ccncc3)OCCO2)[nH]c2ccccc12. The predicted molar refractivity (Wildman–Crippen MR) is 84.5 cm³/mol. The molecule has 5 heteroatoms. The lowest BCUT2D eigenvalue weighted by Gasteiger charge is -2.27. The zero-order valence-electron chi connectivity index (χ0n) is 12.5. The van der Waals surface area contributed by atoms with Gasteiger partial charge in [0.1, 0.15) is 0 Å². The van der Waals surface area contributed by atoms with Crippen LogP contribution in [0.15, 0.2) is 48.8 Å². The maximum absolute atomic E-state index is 9.26. The molecule has 0 unspecified atom stereocenters. The van der Waals surface area contributed by atoms with Crippen LogP contribution in [0.1, 0.15) is 16.8 Å². The summed E-state index contributed by atoms with van der Waals surface area (Å²) in [5.74, 6) is -1.01. The van der Waals surface area contributed by atoms with E-state index in [9.17, 15) is 5.26 Å². The van der Waals surface area contributed by atoms with Gasteiger partial charge >= 0.3 is 0 Å². The summed E-state index contributed by atoms with van der Waals surface area (Å²) in [6.07, 6.45) is 3.72. The summed E-state index contributed by atoms with van der Waals surface area (Å²) in [4.78, 5) is 7.48. The van der Waals surface area contributed by atoms with Gasteiger partial charge in [0.15, 0.2) is 0 Å². The molecule has 0 aliphatic carbocycles. The number of hydrogen-bond donors (Lipinski definition) is 1. The molecule has 0 spiro atoms. The maximum atomic E-state index is 9.26. The molecule has 5 nitrogen and oxygen atoms in total. The van der Waals surface area contributed by atoms with Crippen LogP contribution in [0.5, 0.6) is 0 Å². The zero-order valence-corrected chi connectivity index (χ0v) is 12.5. The van der Waals surface area contributed by atoms with Gasteiger partial charge in [-0.05, 0) is 18.2 Å². The van der Waals surface area contributed by atoms with E-state index in [1.165, 1.54) is 0 Å². The first-order valence-electron chi connectivity index (χ1n) is 7.50. The van der Waals surface area contributed by atoms with Gasteiger partial charge in [-0.1, -0.05) is 18.2 Å². The number of pyridine rings is 1. The second kappa shape index (κ2) is 5.51. The summed E-state index contributed by atoms with van der Waals surface area (Å²) >= 11 is 0.